The van der Waals surface area contributed by atoms with Crippen molar-refractivity contribution in [2.75, 3.05) is 25.0 Å². The minimum absolute atomic E-state index is 0.00228. The molecular weight excluding hydrogens is 380 g/mol. The Hall–Kier alpha value is -2.67. The van der Waals surface area contributed by atoms with Crippen LogP contribution in [0.5, 0.6) is 0 Å². The van der Waals surface area contributed by atoms with Crippen molar-refractivity contribution in [3.63, 3.8) is 0 Å². The number of aromatic nitrogens is 2. The molecule has 5 rings (SSSR count). The predicted molar refractivity (Wildman–Crippen MR) is 112 cm³/mol. The third-order valence-electron chi connectivity index (χ3n) is 6.88. The van der Waals surface area contributed by atoms with E-state index in [4.69, 9.17) is 4.74 Å². The van der Waals surface area contributed by atoms with Crippen molar-refractivity contribution in [2.45, 2.75) is 50.5 Å². The number of H-pyrrole nitrogens is 1. The molecule has 1 aliphatic carbocycles. The molecule has 0 unspecified atom stereocenters. The van der Waals surface area contributed by atoms with E-state index in [-0.39, 0.29) is 23.3 Å². The number of hydrogen-bond acceptors (Lipinski definition) is 4. The van der Waals surface area contributed by atoms with Gasteiger partial charge in [0.2, 0.25) is 5.91 Å². The summed E-state index contributed by atoms with van der Waals surface area (Å²) in [5, 5.41) is 10.3. The summed E-state index contributed by atoms with van der Waals surface area (Å²) in [7, 11) is 0. The van der Waals surface area contributed by atoms with Crippen LogP contribution in [0.15, 0.2) is 30.5 Å². The van der Waals surface area contributed by atoms with Gasteiger partial charge in [0, 0.05) is 30.3 Å². The number of aromatic amines is 1. The number of amides is 2. The van der Waals surface area contributed by atoms with Crippen LogP contribution in [-0.4, -0.2) is 46.6 Å². The Bertz CT molecular complexity index is 939. The lowest BCUT2D eigenvalue weighted by Crippen LogP contribution is -2.48. The molecule has 0 atom stereocenters. The molecule has 7 heteroatoms. The van der Waals surface area contributed by atoms with E-state index in [0.29, 0.717) is 30.9 Å². The molecule has 2 amide bonds. The van der Waals surface area contributed by atoms with Crippen LogP contribution < -0.4 is 5.32 Å². The van der Waals surface area contributed by atoms with Crippen LogP contribution in [0.4, 0.5) is 5.69 Å². The van der Waals surface area contributed by atoms with Gasteiger partial charge in [0.05, 0.1) is 18.5 Å². The smallest absolute Gasteiger partial charge is 0.253 e. The maximum atomic E-state index is 13.1. The summed E-state index contributed by atoms with van der Waals surface area (Å²) in [6.45, 7) is 1.97. The van der Waals surface area contributed by atoms with E-state index in [1.165, 1.54) is 5.56 Å². The Kier molecular flexibility index (Phi) is 5.06. The summed E-state index contributed by atoms with van der Waals surface area (Å²) in [5.41, 5.74) is 3.27. The van der Waals surface area contributed by atoms with Crippen molar-refractivity contribution >= 4 is 17.5 Å². The van der Waals surface area contributed by atoms with E-state index >= 15 is 0 Å². The molecule has 158 valence electrons. The molecule has 3 heterocycles. The zero-order valence-electron chi connectivity index (χ0n) is 17.2. The number of nitrogens with one attached hydrogen (secondary N) is 2. The van der Waals surface area contributed by atoms with E-state index < -0.39 is 0 Å². The fourth-order valence-corrected chi connectivity index (χ4v) is 5.13. The molecule has 2 aromatic rings. The lowest BCUT2D eigenvalue weighted by atomic mass is 9.83. The molecule has 2 N–H and O–H groups in total. The Morgan fingerprint density at radius 3 is 2.80 bits per heavy atom. The zero-order chi connectivity index (χ0) is 20.6. The summed E-state index contributed by atoms with van der Waals surface area (Å²) < 4.78 is 6.18. The van der Waals surface area contributed by atoms with Crippen LogP contribution in [0.25, 0.3) is 0 Å². The number of carbonyl (C=O) groups is 2. The molecule has 1 saturated carbocycles. The first-order chi connectivity index (χ1) is 14.6. The van der Waals surface area contributed by atoms with Gasteiger partial charge in [-0.15, -0.1) is 0 Å². The maximum Gasteiger partial charge on any atom is 0.253 e. The van der Waals surface area contributed by atoms with Crippen molar-refractivity contribution in [3.05, 3.63) is 47.3 Å². The maximum absolute atomic E-state index is 13.1. The van der Waals surface area contributed by atoms with Gasteiger partial charge in [-0.1, -0.05) is 18.9 Å². The summed E-state index contributed by atoms with van der Waals surface area (Å²) in [4.78, 5) is 27.4. The Morgan fingerprint density at radius 1 is 1.20 bits per heavy atom. The van der Waals surface area contributed by atoms with Crippen molar-refractivity contribution < 1.29 is 14.3 Å². The third-order valence-corrected chi connectivity index (χ3v) is 6.88. The van der Waals surface area contributed by atoms with Crippen molar-refractivity contribution in [3.8, 4) is 0 Å². The van der Waals surface area contributed by atoms with Gasteiger partial charge in [0.15, 0.2) is 0 Å². The topological polar surface area (TPSA) is 87.3 Å². The summed E-state index contributed by atoms with van der Waals surface area (Å²) in [6, 6.07) is 7.31. The highest BCUT2D eigenvalue weighted by molar-refractivity contribution is 5.97. The van der Waals surface area contributed by atoms with Crippen LogP contribution in [0.3, 0.4) is 0 Å². The van der Waals surface area contributed by atoms with Gasteiger partial charge in [-0.2, -0.15) is 5.10 Å². The molecule has 7 nitrogen and oxygen atoms in total. The Morgan fingerprint density at radius 2 is 2.00 bits per heavy atom. The Balaban J connectivity index is 1.25. The van der Waals surface area contributed by atoms with Crippen molar-refractivity contribution in [1.82, 2.24) is 15.1 Å². The number of benzene rings is 1. The molecule has 2 fully saturated rings. The van der Waals surface area contributed by atoms with Gasteiger partial charge < -0.3 is 15.0 Å². The number of carbonyl (C=O) groups excluding carboxylic acids is 2. The van der Waals surface area contributed by atoms with Gasteiger partial charge in [0.25, 0.3) is 5.91 Å². The SMILES string of the molecule is O=C(Nc1cccc(C(=O)N2CCC3(CC2)OCCc2cn[nH]c23)c1)C1CCCC1. The summed E-state index contributed by atoms with van der Waals surface area (Å²) in [5.74, 6) is 0.176. The molecule has 0 bridgehead atoms. The molecule has 1 aromatic carbocycles. The van der Waals surface area contributed by atoms with Crippen LogP contribution in [0.2, 0.25) is 0 Å². The van der Waals surface area contributed by atoms with Gasteiger partial charge in [-0.05, 0) is 55.9 Å². The highest BCUT2D eigenvalue weighted by Gasteiger charge is 2.43. The van der Waals surface area contributed by atoms with Crippen LogP contribution in [0, 0.1) is 5.92 Å². The number of nitrogens with zero attached hydrogens (tertiary/aromatic N) is 2. The number of fused-ring (bicyclic) bond motifs is 2. The van der Waals surface area contributed by atoms with Gasteiger partial charge >= 0.3 is 0 Å². The van der Waals surface area contributed by atoms with Crippen LogP contribution in [-0.2, 0) is 21.6 Å². The largest absolute Gasteiger partial charge is 0.368 e. The molecule has 0 radical (unpaired) electrons. The minimum atomic E-state index is -0.349. The first-order valence-electron chi connectivity index (χ1n) is 11.0. The highest BCUT2D eigenvalue weighted by atomic mass is 16.5. The summed E-state index contributed by atoms with van der Waals surface area (Å²) >= 11 is 0. The fourth-order valence-electron chi connectivity index (χ4n) is 5.13. The average Bonchev–Trinajstić information content (AvgIpc) is 3.47. The lowest BCUT2D eigenvalue weighted by Gasteiger charge is -2.43. The second-order valence-electron chi connectivity index (χ2n) is 8.71. The molecule has 1 aromatic heterocycles. The number of hydrogen-bond donors (Lipinski definition) is 2. The molecule has 3 aliphatic rings. The predicted octanol–water partition coefficient (Wildman–Crippen LogP) is 3.24. The number of anilines is 1. The fraction of sp³-hybridized carbons (Fsp3) is 0.522. The monoisotopic (exact) mass is 408 g/mol. The van der Waals surface area contributed by atoms with Crippen molar-refractivity contribution in [1.29, 1.82) is 0 Å². The number of piperidine rings is 1. The van der Waals surface area contributed by atoms with E-state index in [9.17, 15) is 9.59 Å². The quantitative estimate of drug-likeness (QED) is 0.816. The molecule has 1 spiro atoms. The van der Waals surface area contributed by atoms with Crippen molar-refractivity contribution in [2.24, 2.45) is 5.92 Å². The van der Waals surface area contributed by atoms with E-state index in [2.05, 4.69) is 15.5 Å². The zero-order valence-corrected chi connectivity index (χ0v) is 17.2. The van der Waals surface area contributed by atoms with Gasteiger partial charge in [-0.25, -0.2) is 0 Å². The minimum Gasteiger partial charge on any atom is -0.368 e. The molecule has 1 saturated heterocycles. The first-order valence-corrected chi connectivity index (χ1v) is 11.0. The standard InChI is InChI=1S/C23H28N4O3/c28-21(16-4-1-2-5-16)25-19-7-3-6-17(14-19)22(29)27-11-9-23(10-12-27)20-18(8-13-30-23)15-24-26-20/h3,6-7,14-16H,1-2,4-5,8-13H2,(H,24,26)(H,25,28). The third kappa shape index (κ3) is 3.51. The van der Waals surface area contributed by atoms with E-state index in [1.54, 1.807) is 6.07 Å². The number of rotatable bonds is 3. The van der Waals surface area contributed by atoms with Gasteiger partial charge in [-0.3, -0.25) is 14.7 Å². The number of ether oxygens (including phenoxy) is 1. The van der Waals surface area contributed by atoms with Crippen LogP contribution >= 0.6 is 0 Å². The van der Waals surface area contributed by atoms with Gasteiger partial charge in [0.1, 0.15) is 5.60 Å². The molecule has 30 heavy (non-hydrogen) atoms. The second kappa shape index (κ2) is 7.87. The van der Waals surface area contributed by atoms with E-state index in [0.717, 1.165) is 50.6 Å². The number of likely N-dealkylation sites (tertiary alicyclic amines) is 1. The highest BCUT2D eigenvalue weighted by Crippen LogP contribution is 2.40. The lowest BCUT2D eigenvalue weighted by molar-refractivity contribution is -0.119. The normalized spacial score (nSPS) is 20.9. The second-order valence-corrected chi connectivity index (χ2v) is 8.71. The Labute approximate surface area is 176 Å². The summed E-state index contributed by atoms with van der Waals surface area (Å²) in [6.07, 6.45) is 8.45. The van der Waals surface area contributed by atoms with Crippen LogP contribution in [0.1, 0.15) is 60.1 Å². The molecule has 2 aliphatic heterocycles. The first kappa shape index (κ1) is 19.3. The molecular formula is C23H28N4O3. The van der Waals surface area contributed by atoms with E-state index in [1.807, 2.05) is 29.3 Å². The average molecular weight is 409 g/mol.